The third kappa shape index (κ3) is 3.88. The van der Waals surface area contributed by atoms with E-state index >= 15 is 0 Å². The highest BCUT2D eigenvalue weighted by Gasteiger charge is 2.10. The number of carbonyl (C=O) groups excluding carboxylic acids is 1. The van der Waals surface area contributed by atoms with Crippen molar-refractivity contribution >= 4 is 22.3 Å². The molecule has 0 aliphatic carbocycles. The molecule has 0 spiro atoms. The second-order valence-electron chi connectivity index (χ2n) is 5.78. The lowest BCUT2D eigenvalue weighted by atomic mass is 10.1. The van der Waals surface area contributed by atoms with Gasteiger partial charge in [0.1, 0.15) is 12.4 Å². The van der Waals surface area contributed by atoms with Crippen molar-refractivity contribution in [3.63, 3.8) is 0 Å². The number of carbonyl (C=O) groups is 1. The molecule has 7 heteroatoms. The lowest BCUT2D eigenvalue weighted by Gasteiger charge is -2.08. The van der Waals surface area contributed by atoms with Gasteiger partial charge in [0.05, 0.1) is 5.69 Å². The SMILES string of the molecule is Cc1ccc(OCC(=O)OCc2cc(=O)n3c(C)csc3n2)cc1C. The molecule has 2 heterocycles. The Morgan fingerprint density at radius 3 is 2.76 bits per heavy atom. The predicted octanol–water partition coefficient (Wildman–Crippen LogP) is 2.80. The Kier molecular flexibility index (Phi) is 4.85. The fourth-order valence-corrected chi connectivity index (χ4v) is 3.21. The topological polar surface area (TPSA) is 69.9 Å². The van der Waals surface area contributed by atoms with Gasteiger partial charge in [0.15, 0.2) is 11.6 Å². The zero-order valence-corrected chi connectivity index (χ0v) is 15.1. The molecule has 130 valence electrons. The van der Waals surface area contributed by atoms with E-state index in [2.05, 4.69) is 4.98 Å². The first-order valence-corrected chi connectivity index (χ1v) is 8.64. The maximum atomic E-state index is 12.1. The lowest BCUT2D eigenvalue weighted by Crippen LogP contribution is -2.18. The van der Waals surface area contributed by atoms with Gasteiger partial charge in [-0.3, -0.25) is 9.20 Å². The maximum absolute atomic E-state index is 12.1. The van der Waals surface area contributed by atoms with E-state index in [1.54, 1.807) is 0 Å². The molecule has 6 nitrogen and oxygen atoms in total. The van der Waals surface area contributed by atoms with Gasteiger partial charge in [0.2, 0.25) is 0 Å². The second-order valence-corrected chi connectivity index (χ2v) is 6.61. The summed E-state index contributed by atoms with van der Waals surface area (Å²) in [6.07, 6.45) is 0. The second kappa shape index (κ2) is 7.06. The first-order chi connectivity index (χ1) is 11.9. The molecule has 0 fully saturated rings. The number of thiazole rings is 1. The quantitative estimate of drug-likeness (QED) is 0.656. The molecule has 0 amide bonds. The van der Waals surface area contributed by atoms with Crippen molar-refractivity contribution in [2.45, 2.75) is 27.4 Å². The first kappa shape index (κ1) is 17.2. The zero-order valence-electron chi connectivity index (χ0n) is 14.2. The number of esters is 1. The highest BCUT2D eigenvalue weighted by Crippen LogP contribution is 2.16. The van der Waals surface area contributed by atoms with E-state index in [-0.39, 0.29) is 18.8 Å². The molecule has 0 radical (unpaired) electrons. The molecule has 0 unspecified atom stereocenters. The molecule has 2 aromatic heterocycles. The summed E-state index contributed by atoms with van der Waals surface area (Å²) >= 11 is 1.37. The maximum Gasteiger partial charge on any atom is 0.344 e. The van der Waals surface area contributed by atoms with Crippen LogP contribution in [0.1, 0.15) is 22.5 Å². The monoisotopic (exact) mass is 358 g/mol. The number of ether oxygens (including phenoxy) is 2. The Balaban J connectivity index is 1.58. The van der Waals surface area contributed by atoms with Gasteiger partial charge in [-0.2, -0.15) is 0 Å². The number of rotatable bonds is 5. The van der Waals surface area contributed by atoms with Gasteiger partial charge in [-0.05, 0) is 44.0 Å². The molecule has 0 atom stereocenters. The number of hydrogen-bond acceptors (Lipinski definition) is 6. The van der Waals surface area contributed by atoms with Crippen LogP contribution in [0, 0.1) is 20.8 Å². The third-order valence-electron chi connectivity index (χ3n) is 3.84. The molecule has 3 aromatic rings. The number of nitrogens with zero attached hydrogens (tertiary/aromatic N) is 2. The van der Waals surface area contributed by atoms with E-state index in [9.17, 15) is 9.59 Å². The molecular formula is C18H18N2O4S. The Morgan fingerprint density at radius 2 is 2.00 bits per heavy atom. The number of aryl methyl sites for hydroxylation is 3. The Labute approximate surface area is 148 Å². The van der Waals surface area contributed by atoms with Crippen molar-refractivity contribution in [2.24, 2.45) is 0 Å². The van der Waals surface area contributed by atoms with Crippen LogP contribution in [-0.4, -0.2) is 22.0 Å². The fraction of sp³-hybridized carbons (Fsp3) is 0.278. The largest absolute Gasteiger partial charge is 0.482 e. The summed E-state index contributed by atoms with van der Waals surface area (Å²) in [4.78, 5) is 28.8. The number of hydrogen-bond donors (Lipinski definition) is 0. The van der Waals surface area contributed by atoms with Crippen LogP contribution in [0.2, 0.25) is 0 Å². The van der Waals surface area contributed by atoms with Crippen LogP contribution in [0.4, 0.5) is 0 Å². The van der Waals surface area contributed by atoms with Crippen molar-refractivity contribution in [2.75, 3.05) is 6.61 Å². The van der Waals surface area contributed by atoms with Crippen LogP contribution >= 0.6 is 11.3 Å². The van der Waals surface area contributed by atoms with Crippen LogP contribution < -0.4 is 10.3 Å². The fourth-order valence-electron chi connectivity index (χ4n) is 2.32. The highest BCUT2D eigenvalue weighted by atomic mass is 32.1. The van der Waals surface area contributed by atoms with Crippen LogP contribution in [0.15, 0.2) is 34.4 Å². The van der Waals surface area contributed by atoms with Crippen LogP contribution in [0.5, 0.6) is 5.75 Å². The summed E-state index contributed by atoms with van der Waals surface area (Å²) in [6, 6.07) is 7.00. The zero-order chi connectivity index (χ0) is 18.0. The van der Waals surface area contributed by atoms with Gasteiger partial charge in [0, 0.05) is 17.1 Å². The van der Waals surface area contributed by atoms with Crippen molar-refractivity contribution < 1.29 is 14.3 Å². The van der Waals surface area contributed by atoms with Crippen molar-refractivity contribution in [1.82, 2.24) is 9.38 Å². The summed E-state index contributed by atoms with van der Waals surface area (Å²) in [7, 11) is 0. The molecule has 0 bridgehead atoms. The molecule has 3 rings (SSSR count). The van der Waals surface area contributed by atoms with Gasteiger partial charge >= 0.3 is 5.97 Å². The van der Waals surface area contributed by atoms with E-state index in [0.717, 1.165) is 16.8 Å². The first-order valence-electron chi connectivity index (χ1n) is 7.76. The van der Waals surface area contributed by atoms with Gasteiger partial charge in [-0.1, -0.05) is 6.07 Å². The molecule has 0 aliphatic rings. The van der Waals surface area contributed by atoms with Crippen molar-refractivity contribution in [3.05, 3.63) is 62.5 Å². The standard InChI is InChI=1S/C18H18N2O4S/c1-11-4-5-15(6-12(11)2)23-9-17(22)24-8-14-7-16(21)20-13(3)10-25-18(20)19-14/h4-7,10H,8-9H2,1-3H3. The minimum Gasteiger partial charge on any atom is -0.482 e. The average molecular weight is 358 g/mol. The van der Waals surface area contributed by atoms with Gasteiger partial charge in [-0.25, -0.2) is 9.78 Å². The molecule has 0 N–H and O–H groups in total. The minimum absolute atomic E-state index is 0.0577. The van der Waals surface area contributed by atoms with Crippen molar-refractivity contribution in [3.8, 4) is 5.75 Å². The summed E-state index contributed by atoms with van der Waals surface area (Å²) < 4.78 is 12.1. The number of fused-ring (bicyclic) bond motifs is 1. The Hall–Kier alpha value is -2.67. The Bertz CT molecular complexity index is 990. The Morgan fingerprint density at radius 1 is 1.20 bits per heavy atom. The molecule has 0 saturated carbocycles. The molecule has 1 aromatic carbocycles. The van der Waals surface area contributed by atoms with Gasteiger partial charge in [0.25, 0.3) is 5.56 Å². The number of aromatic nitrogens is 2. The third-order valence-corrected chi connectivity index (χ3v) is 4.79. The summed E-state index contributed by atoms with van der Waals surface area (Å²) in [5.74, 6) is 0.106. The predicted molar refractivity (Wildman–Crippen MR) is 95.3 cm³/mol. The van der Waals surface area contributed by atoms with Crippen molar-refractivity contribution in [1.29, 1.82) is 0 Å². The smallest absolute Gasteiger partial charge is 0.344 e. The van der Waals surface area contributed by atoms with Gasteiger partial charge < -0.3 is 9.47 Å². The minimum atomic E-state index is -0.511. The van der Waals surface area contributed by atoms with E-state index in [1.807, 2.05) is 44.4 Å². The normalized spacial score (nSPS) is 10.8. The molecular weight excluding hydrogens is 340 g/mol. The van der Waals surface area contributed by atoms with E-state index in [4.69, 9.17) is 9.47 Å². The van der Waals surface area contributed by atoms with Crippen LogP contribution in [0.25, 0.3) is 4.96 Å². The average Bonchev–Trinajstić information content (AvgIpc) is 2.95. The van der Waals surface area contributed by atoms with E-state index in [1.165, 1.54) is 21.8 Å². The van der Waals surface area contributed by atoms with Gasteiger partial charge in [-0.15, -0.1) is 11.3 Å². The molecule has 0 aliphatic heterocycles. The van der Waals surface area contributed by atoms with Crippen LogP contribution in [-0.2, 0) is 16.1 Å². The highest BCUT2D eigenvalue weighted by molar-refractivity contribution is 7.15. The molecule has 0 saturated heterocycles. The summed E-state index contributed by atoms with van der Waals surface area (Å²) in [5.41, 5.74) is 3.33. The van der Waals surface area contributed by atoms with Crippen LogP contribution in [0.3, 0.4) is 0 Å². The van der Waals surface area contributed by atoms with E-state index in [0.29, 0.717) is 16.4 Å². The van der Waals surface area contributed by atoms with E-state index < -0.39 is 5.97 Å². The summed E-state index contributed by atoms with van der Waals surface area (Å²) in [5, 5.41) is 1.86. The lowest BCUT2D eigenvalue weighted by molar-refractivity contribution is -0.147. The number of benzene rings is 1. The molecule has 25 heavy (non-hydrogen) atoms. The summed E-state index contributed by atoms with van der Waals surface area (Å²) in [6.45, 7) is 5.58.